The van der Waals surface area contributed by atoms with Crippen LogP contribution in [0.15, 0.2) is 18.2 Å². The molecular formula is C11H15F2NO3. The van der Waals surface area contributed by atoms with E-state index in [9.17, 15) is 19.0 Å². The summed E-state index contributed by atoms with van der Waals surface area (Å²) < 4.78 is 25.6. The molecule has 6 heteroatoms. The van der Waals surface area contributed by atoms with Crippen molar-refractivity contribution in [3.8, 4) is 11.5 Å². The number of phenols is 2. The van der Waals surface area contributed by atoms with Crippen LogP contribution in [0.1, 0.15) is 18.5 Å². The van der Waals surface area contributed by atoms with Gasteiger partial charge in [0.2, 0.25) is 0 Å². The van der Waals surface area contributed by atoms with E-state index in [2.05, 4.69) is 5.32 Å². The summed E-state index contributed by atoms with van der Waals surface area (Å²) in [5.74, 6) is -3.46. The number of aromatic hydroxyl groups is 2. The van der Waals surface area contributed by atoms with Crippen molar-refractivity contribution >= 4 is 0 Å². The van der Waals surface area contributed by atoms with Gasteiger partial charge in [-0.25, -0.2) is 8.78 Å². The molecule has 96 valence electrons. The molecule has 0 bridgehead atoms. The molecule has 1 atom stereocenters. The lowest BCUT2D eigenvalue weighted by Gasteiger charge is -2.19. The van der Waals surface area contributed by atoms with Crippen LogP contribution < -0.4 is 5.32 Å². The molecule has 0 aliphatic heterocycles. The molecule has 0 saturated carbocycles. The molecule has 0 radical (unpaired) electrons. The van der Waals surface area contributed by atoms with Crippen molar-refractivity contribution < 1.29 is 24.1 Å². The molecule has 1 aromatic rings. The average molecular weight is 247 g/mol. The lowest BCUT2D eigenvalue weighted by Crippen LogP contribution is -2.37. The Labute approximate surface area is 97.5 Å². The quantitative estimate of drug-likeness (QED) is 0.634. The van der Waals surface area contributed by atoms with E-state index in [1.165, 1.54) is 12.1 Å². The van der Waals surface area contributed by atoms with Crippen LogP contribution in [0.5, 0.6) is 11.5 Å². The van der Waals surface area contributed by atoms with Crippen LogP contribution >= 0.6 is 0 Å². The first-order chi connectivity index (χ1) is 7.84. The van der Waals surface area contributed by atoms with Crippen molar-refractivity contribution in [2.24, 2.45) is 0 Å². The number of hydrogen-bond acceptors (Lipinski definition) is 4. The van der Waals surface area contributed by atoms with E-state index in [-0.39, 0.29) is 11.5 Å². The maximum Gasteiger partial charge on any atom is 0.282 e. The van der Waals surface area contributed by atoms with Crippen LogP contribution in [-0.2, 0) is 0 Å². The first-order valence-corrected chi connectivity index (χ1v) is 5.09. The average Bonchev–Trinajstić information content (AvgIpc) is 2.24. The highest BCUT2D eigenvalue weighted by molar-refractivity contribution is 5.37. The fourth-order valence-electron chi connectivity index (χ4n) is 1.34. The molecule has 0 aromatic heterocycles. The van der Waals surface area contributed by atoms with Crippen molar-refractivity contribution in [2.75, 3.05) is 13.2 Å². The summed E-state index contributed by atoms with van der Waals surface area (Å²) in [5.41, 5.74) is 0.483. The molecule has 0 amide bonds. The molecule has 4 nitrogen and oxygen atoms in total. The predicted octanol–water partition coefficient (Wildman–Crippen LogP) is 1.38. The number of aliphatic hydroxyl groups excluding tert-OH is 1. The van der Waals surface area contributed by atoms with Crippen molar-refractivity contribution in [1.82, 2.24) is 5.32 Å². The Balaban J connectivity index is 2.67. The molecule has 0 saturated heterocycles. The van der Waals surface area contributed by atoms with Crippen LogP contribution in [0.3, 0.4) is 0 Å². The second-order valence-electron chi connectivity index (χ2n) is 3.90. The minimum atomic E-state index is -3.19. The highest BCUT2D eigenvalue weighted by Gasteiger charge is 2.28. The fourth-order valence-corrected chi connectivity index (χ4v) is 1.34. The number of rotatable bonds is 5. The Bertz CT molecular complexity index is 365. The number of phenolic OH excluding ortho intramolecular Hbond substituents is 2. The SMILES string of the molecule is CC(NCC(F)(F)CO)c1cc(O)cc(O)c1. The molecule has 4 N–H and O–H groups in total. The summed E-state index contributed by atoms with van der Waals surface area (Å²) in [6.45, 7) is -0.291. The van der Waals surface area contributed by atoms with Crippen LogP contribution in [0.2, 0.25) is 0 Å². The minimum absolute atomic E-state index is 0.137. The van der Waals surface area contributed by atoms with Crippen LogP contribution in [0, 0.1) is 0 Å². The second-order valence-corrected chi connectivity index (χ2v) is 3.90. The number of alkyl halides is 2. The van der Waals surface area contributed by atoms with E-state index >= 15 is 0 Å². The lowest BCUT2D eigenvalue weighted by atomic mass is 10.1. The van der Waals surface area contributed by atoms with E-state index in [0.29, 0.717) is 5.56 Å². The Morgan fingerprint density at radius 3 is 2.24 bits per heavy atom. The molecule has 0 aliphatic carbocycles. The fraction of sp³-hybridized carbons (Fsp3) is 0.455. The first kappa shape index (κ1) is 13.7. The van der Waals surface area contributed by atoms with Gasteiger partial charge in [0.1, 0.15) is 18.1 Å². The standard InChI is InChI=1S/C11H15F2NO3/c1-7(14-5-11(12,13)6-15)8-2-9(16)4-10(17)3-8/h2-4,7,14-17H,5-6H2,1H3. The van der Waals surface area contributed by atoms with Crippen LogP contribution in [0.4, 0.5) is 8.78 Å². The second kappa shape index (κ2) is 5.29. The molecular weight excluding hydrogens is 232 g/mol. The Hall–Kier alpha value is -1.40. The van der Waals surface area contributed by atoms with E-state index in [0.717, 1.165) is 6.07 Å². The highest BCUT2D eigenvalue weighted by Crippen LogP contribution is 2.25. The summed E-state index contributed by atoms with van der Waals surface area (Å²) in [5, 5.41) is 29.4. The number of nitrogens with one attached hydrogen (secondary N) is 1. The predicted molar refractivity (Wildman–Crippen MR) is 58.2 cm³/mol. The molecule has 17 heavy (non-hydrogen) atoms. The molecule has 0 aliphatic rings. The number of benzene rings is 1. The van der Waals surface area contributed by atoms with Crippen molar-refractivity contribution in [2.45, 2.75) is 18.9 Å². The zero-order valence-electron chi connectivity index (χ0n) is 9.32. The first-order valence-electron chi connectivity index (χ1n) is 5.09. The lowest BCUT2D eigenvalue weighted by molar-refractivity contribution is -0.0490. The number of halogens is 2. The summed E-state index contributed by atoms with van der Waals surface area (Å²) in [7, 11) is 0. The van der Waals surface area contributed by atoms with Gasteiger partial charge in [0.25, 0.3) is 5.92 Å². The Kier molecular flexibility index (Phi) is 4.25. The van der Waals surface area contributed by atoms with Crippen LogP contribution in [0.25, 0.3) is 0 Å². The summed E-state index contributed by atoms with van der Waals surface area (Å²) in [6.07, 6.45) is 0. The van der Waals surface area contributed by atoms with Gasteiger partial charge in [0, 0.05) is 12.1 Å². The smallest absolute Gasteiger partial charge is 0.282 e. The van der Waals surface area contributed by atoms with Crippen molar-refractivity contribution in [3.05, 3.63) is 23.8 Å². The monoisotopic (exact) mass is 247 g/mol. The molecule has 1 unspecified atom stereocenters. The molecule has 1 rings (SSSR count). The Morgan fingerprint density at radius 1 is 1.24 bits per heavy atom. The third-order valence-corrected chi connectivity index (χ3v) is 2.32. The maximum absolute atomic E-state index is 12.8. The van der Waals surface area contributed by atoms with Crippen molar-refractivity contribution in [3.63, 3.8) is 0 Å². The largest absolute Gasteiger partial charge is 0.508 e. The van der Waals surface area contributed by atoms with Gasteiger partial charge in [-0.3, -0.25) is 0 Å². The van der Waals surface area contributed by atoms with E-state index in [1.54, 1.807) is 6.92 Å². The molecule has 0 heterocycles. The molecule has 0 fully saturated rings. The van der Waals surface area contributed by atoms with Gasteiger partial charge in [-0.1, -0.05) is 0 Å². The van der Waals surface area contributed by atoms with Gasteiger partial charge < -0.3 is 20.6 Å². The zero-order chi connectivity index (χ0) is 13.1. The number of hydrogen-bond donors (Lipinski definition) is 4. The van der Waals surface area contributed by atoms with Gasteiger partial charge in [0.15, 0.2) is 0 Å². The van der Waals surface area contributed by atoms with Gasteiger partial charge in [-0.2, -0.15) is 0 Å². The summed E-state index contributed by atoms with van der Waals surface area (Å²) >= 11 is 0. The van der Waals surface area contributed by atoms with Crippen LogP contribution in [-0.4, -0.2) is 34.4 Å². The number of aliphatic hydroxyl groups is 1. The topological polar surface area (TPSA) is 72.7 Å². The van der Waals surface area contributed by atoms with Gasteiger partial charge in [-0.15, -0.1) is 0 Å². The third-order valence-electron chi connectivity index (χ3n) is 2.32. The van der Waals surface area contributed by atoms with Gasteiger partial charge >= 0.3 is 0 Å². The van der Waals surface area contributed by atoms with Crippen molar-refractivity contribution in [1.29, 1.82) is 0 Å². The zero-order valence-corrected chi connectivity index (χ0v) is 9.32. The van der Waals surface area contributed by atoms with Gasteiger partial charge in [0.05, 0.1) is 6.54 Å². The molecule has 1 aromatic carbocycles. The Morgan fingerprint density at radius 2 is 1.76 bits per heavy atom. The van der Waals surface area contributed by atoms with Gasteiger partial charge in [-0.05, 0) is 24.6 Å². The van der Waals surface area contributed by atoms with E-state index in [1.807, 2.05) is 0 Å². The van der Waals surface area contributed by atoms with E-state index < -0.39 is 25.1 Å². The summed E-state index contributed by atoms with van der Waals surface area (Å²) in [4.78, 5) is 0. The van der Waals surface area contributed by atoms with E-state index in [4.69, 9.17) is 5.11 Å². The maximum atomic E-state index is 12.8. The molecule has 0 spiro atoms. The summed E-state index contributed by atoms with van der Waals surface area (Å²) in [6, 6.07) is 3.41. The third kappa shape index (κ3) is 4.16. The highest BCUT2D eigenvalue weighted by atomic mass is 19.3. The normalized spacial score (nSPS) is 13.6. The minimum Gasteiger partial charge on any atom is -0.508 e.